The van der Waals surface area contributed by atoms with Crippen molar-refractivity contribution in [1.29, 1.82) is 0 Å². The summed E-state index contributed by atoms with van der Waals surface area (Å²) in [6, 6.07) is 6.88. The average molecular weight is 289 g/mol. The van der Waals surface area contributed by atoms with Crippen molar-refractivity contribution in [2.45, 2.75) is 19.4 Å². The summed E-state index contributed by atoms with van der Waals surface area (Å²) in [4.78, 5) is 0. The standard InChI is InChI=1S/C12H17ClN2O2S/c1-12(2,9-14)15-18(16,17)8-7-10-3-5-11(13)6-4-10/h3-8,15H,9,14H2,1-2H3. The first-order chi connectivity index (χ1) is 8.24. The van der Waals surface area contributed by atoms with Crippen LogP contribution < -0.4 is 10.5 Å². The Balaban J connectivity index is 2.80. The fourth-order valence-electron chi connectivity index (χ4n) is 1.20. The number of nitrogens with two attached hydrogens (primary N) is 1. The molecule has 0 radical (unpaired) electrons. The van der Waals surface area contributed by atoms with Gasteiger partial charge in [-0.25, -0.2) is 13.1 Å². The Labute approximate surface area is 113 Å². The van der Waals surface area contributed by atoms with Gasteiger partial charge in [0.05, 0.1) is 0 Å². The van der Waals surface area contributed by atoms with Crippen molar-refractivity contribution in [3.05, 3.63) is 40.3 Å². The lowest BCUT2D eigenvalue weighted by atomic mass is 10.1. The van der Waals surface area contributed by atoms with Gasteiger partial charge in [-0.1, -0.05) is 23.7 Å². The summed E-state index contributed by atoms with van der Waals surface area (Å²) in [6.07, 6.45) is 1.51. The Morgan fingerprint density at radius 2 is 1.89 bits per heavy atom. The van der Waals surface area contributed by atoms with Gasteiger partial charge in [-0.2, -0.15) is 0 Å². The summed E-state index contributed by atoms with van der Waals surface area (Å²) in [5.74, 6) is 0. The van der Waals surface area contributed by atoms with Crippen molar-refractivity contribution in [3.8, 4) is 0 Å². The van der Waals surface area contributed by atoms with Crippen molar-refractivity contribution in [1.82, 2.24) is 4.72 Å². The van der Waals surface area contributed by atoms with E-state index in [2.05, 4.69) is 4.72 Å². The van der Waals surface area contributed by atoms with Crippen LogP contribution in [0.2, 0.25) is 5.02 Å². The highest BCUT2D eigenvalue weighted by atomic mass is 35.5. The molecule has 0 atom stereocenters. The van der Waals surface area contributed by atoms with Gasteiger partial charge < -0.3 is 5.73 Å². The molecule has 100 valence electrons. The van der Waals surface area contributed by atoms with Crippen LogP contribution in [-0.2, 0) is 10.0 Å². The Kier molecular flexibility index (Phi) is 4.92. The molecule has 0 aliphatic carbocycles. The third kappa shape index (κ3) is 5.18. The van der Waals surface area contributed by atoms with Gasteiger partial charge in [0.1, 0.15) is 0 Å². The predicted molar refractivity (Wildman–Crippen MR) is 75.7 cm³/mol. The van der Waals surface area contributed by atoms with E-state index in [4.69, 9.17) is 17.3 Å². The minimum Gasteiger partial charge on any atom is -0.329 e. The number of halogens is 1. The fraction of sp³-hybridized carbons (Fsp3) is 0.333. The maximum atomic E-state index is 11.8. The molecule has 1 rings (SSSR count). The lowest BCUT2D eigenvalue weighted by Crippen LogP contribution is -2.48. The summed E-state index contributed by atoms with van der Waals surface area (Å²) in [6.45, 7) is 3.67. The number of hydrogen-bond acceptors (Lipinski definition) is 3. The van der Waals surface area contributed by atoms with Gasteiger partial charge in [0, 0.05) is 22.5 Å². The normalized spacial score (nSPS) is 13.1. The van der Waals surface area contributed by atoms with Gasteiger partial charge in [0.15, 0.2) is 0 Å². The highest BCUT2D eigenvalue weighted by Crippen LogP contribution is 2.11. The van der Waals surface area contributed by atoms with Crippen LogP contribution in [0.4, 0.5) is 0 Å². The molecule has 0 heterocycles. The van der Waals surface area contributed by atoms with Gasteiger partial charge >= 0.3 is 0 Å². The molecule has 0 bridgehead atoms. The van der Waals surface area contributed by atoms with E-state index in [9.17, 15) is 8.42 Å². The summed E-state index contributed by atoms with van der Waals surface area (Å²) < 4.78 is 26.0. The van der Waals surface area contributed by atoms with Crippen molar-refractivity contribution < 1.29 is 8.42 Å². The van der Waals surface area contributed by atoms with Crippen LogP contribution in [0.15, 0.2) is 29.7 Å². The highest BCUT2D eigenvalue weighted by Gasteiger charge is 2.21. The lowest BCUT2D eigenvalue weighted by Gasteiger charge is -2.22. The topological polar surface area (TPSA) is 72.2 Å². The summed E-state index contributed by atoms with van der Waals surface area (Å²) >= 11 is 5.74. The molecule has 0 amide bonds. The smallest absolute Gasteiger partial charge is 0.234 e. The SMILES string of the molecule is CC(C)(CN)NS(=O)(=O)C=Cc1ccc(Cl)cc1. The number of hydrogen-bond donors (Lipinski definition) is 2. The third-order valence-corrected chi connectivity index (χ3v) is 3.82. The molecular formula is C12H17ClN2O2S. The number of benzene rings is 1. The maximum absolute atomic E-state index is 11.8. The minimum atomic E-state index is -3.50. The fourth-order valence-corrected chi connectivity index (χ4v) is 2.59. The molecular weight excluding hydrogens is 272 g/mol. The van der Waals surface area contributed by atoms with Crippen LogP contribution in [0.1, 0.15) is 19.4 Å². The molecule has 0 saturated carbocycles. The van der Waals surface area contributed by atoms with E-state index >= 15 is 0 Å². The number of nitrogens with one attached hydrogen (secondary N) is 1. The molecule has 0 aliphatic heterocycles. The molecule has 0 spiro atoms. The Morgan fingerprint density at radius 1 is 1.33 bits per heavy atom. The van der Waals surface area contributed by atoms with Crippen molar-refractivity contribution in [3.63, 3.8) is 0 Å². The van der Waals surface area contributed by atoms with E-state index in [-0.39, 0.29) is 6.54 Å². The molecule has 0 fully saturated rings. The zero-order valence-electron chi connectivity index (χ0n) is 10.4. The third-order valence-electron chi connectivity index (χ3n) is 2.24. The zero-order valence-corrected chi connectivity index (χ0v) is 11.9. The average Bonchev–Trinajstić information content (AvgIpc) is 2.27. The van der Waals surface area contributed by atoms with Crippen LogP contribution in [0, 0.1) is 0 Å². The van der Waals surface area contributed by atoms with E-state index in [0.717, 1.165) is 11.0 Å². The van der Waals surface area contributed by atoms with Gasteiger partial charge in [-0.3, -0.25) is 0 Å². The van der Waals surface area contributed by atoms with E-state index < -0.39 is 15.6 Å². The van der Waals surface area contributed by atoms with Crippen LogP contribution in [0.5, 0.6) is 0 Å². The summed E-state index contributed by atoms with van der Waals surface area (Å²) in [7, 11) is -3.50. The first-order valence-corrected chi connectivity index (χ1v) is 7.34. The molecule has 18 heavy (non-hydrogen) atoms. The largest absolute Gasteiger partial charge is 0.329 e. The van der Waals surface area contributed by atoms with Crippen LogP contribution in [0.3, 0.4) is 0 Å². The van der Waals surface area contributed by atoms with Crippen LogP contribution >= 0.6 is 11.6 Å². The molecule has 4 nitrogen and oxygen atoms in total. The Hall–Kier alpha value is -0.880. The van der Waals surface area contributed by atoms with Crippen LogP contribution in [0.25, 0.3) is 6.08 Å². The second-order valence-corrected chi connectivity index (χ2v) is 6.59. The quantitative estimate of drug-likeness (QED) is 0.870. The highest BCUT2D eigenvalue weighted by molar-refractivity contribution is 7.92. The Morgan fingerprint density at radius 3 is 2.39 bits per heavy atom. The summed E-state index contributed by atoms with van der Waals surface area (Å²) in [5.41, 5.74) is 5.57. The molecule has 0 unspecified atom stereocenters. The molecule has 6 heteroatoms. The number of rotatable bonds is 5. The van der Waals surface area contributed by atoms with Gasteiger partial charge in [-0.05, 0) is 37.6 Å². The number of sulfonamides is 1. The van der Waals surface area contributed by atoms with Crippen molar-refractivity contribution >= 4 is 27.7 Å². The molecule has 1 aromatic carbocycles. The first-order valence-electron chi connectivity index (χ1n) is 5.42. The van der Waals surface area contributed by atoms with E-state index in [0.29, 0.717) is 5.02 Å². The Bertz CT molecular complexity index is 522. The van der Waals surface area contributed by atoms with E-state index in [1.165, 1.54) is 6.08 Å². The molecule has 3 N–H and O–H groups in total. The molecule has 0 saturated heterocycles. The van der Waals surface area contributed by atoms with Gasteiger partial charge in [0.25, 0.3) is 0 Å². The molecule has 0 aromatic heterocycles. The molecule has 1 aromatic rings. The van der Waals surface area contributed by atoms with Gasteiger partial charge in [-0.15, -0.1) is 0 Å². The minimum absolute atomic E-state index is 0.223. The van der Waals surface area contributed by atoms with Crippen LogP contribution in [-0.4, -0.2) is 20.5 Å². The lowest BCUT2D eigenvalue weighted by molar-refractivity contribution is 0.466. The van der Waals surface area contributed by atoms with E-state index in [1.54, 1.807) is 38.1 Å². The predicted octanol–water partition coefficient (Wildman–Crippen LogP) is 1.97. The van der Waals surface area contributed by atoms with Crippen molar-refractivity contribution in [2.75, 3.05) is 6.54 Å². The first kappa shape index (κ1) is 15.2. The second-order valence-electron chi connectivity index (χ2n) is 4.59. The van der Waals surface area contributed by atoms with Crippen molar-refractivity contribution in [2.24, 2.45) is 5.73 Å². The van der Waals surface area contributed by atoms with Gasteiger partial charge in [0.2, 0.25) is 10.0 Å². The second kappa shape index (κ2) is 5.84. The summed E-state index contributed by atoms with van der Waals surface area (Å²) in [5, 5.41) is 1.73. The maximum Gasteiger partial charge on any atom is 0.234 e. The molecule has 0 aliphatic rings. The monoisotopic (exact) mass is 288 g/mol. The zero-order chi connectivity index (χ0) is 13.8. The van der Waals surface area contributed by atoms with E-state index in [1.807, 2.05) is 0 Å².